The Morgan fingerprint density at radius 2 is 2.44 bits per heavy atom. The number of carbonyl (C=O) groups is 1. The number of hydrogen-bond acceptors (Lipinski definition) is 3. The molecule has 1 saturated carbocycles. The summed E-state index contributed by atoms with van der Waals surface area (Å²) in [5, 5.41) is 0. The lowest BCUT2D eigenvalue weighted by Crippen LogP contribution is -2.42. The zero-order valence-electron chi connectivity index (χ0n) is 9.47. The van der Waals surface area contributed by atoms with Gasteiger partial charge in [-0.2, -0.15) is 0 Å². The molecule has 16 heavy (non-hydrogen) atoms. The van der Waals surface area contributed by atoms with Crippen molar-refractivity contribution in [1.29, 1.82) is 0 Å². The molecule has 0 aromatic carbocycles. The van der Waals surface area contributed by atoms with Crippen molar-refractivity contribution in [2.75, 3.05) is 0 Å². The van der Waals surface area contributed by atoms with Crippen LogP contribution in [-0.2, 0) is 11.3 Å². The van der Waals surface area contributed by atoms with Crippen LogP contribution in [0.3, 0.4) is 0 Å². The fourth-order valence-electron chi connectivity index (χ4n) is 1.72. The van der Waals surface area contributed by atoms with E-state index in [9.17, 15) is 4.79 Å². The Bertz CT molecular complexity index is 360. The summed E-state index contributed by atoms with van der Waals surface area (Å²) < 4.78 is 0. The maximum Gasteiger partial charge on any atom is 0.239 e. The minimum atomic E-state index is -0.419. The van der Waals surface area contributed by atoms with Gasteiger partial charge in [-0.05, 0) is 31.4 Å². The summed E-state index contributed by atoms with van der Waals surface area (Å²) in [5.41, 5.74) is 6.71. The molecule has 0 unspecified atom stereocenters. The lowest BCUT2D eigenvalue weighted by Gasteiger charge is -2.24. The molecule has 1 heterocycles. The standard InChI is InChI=1S/C12H17N3O/c1-9(13)12(16)15(11-4-5-11)8-10-3-2-6-14-7-10/h2-3,6-7,9,11H,4-5,8,13H2,1H3/t9-/m0/s1. The van der Waals surface area contributed by atoms with Gasteiger partial charge in [0, 0.05) is 25.0 Å². The maximum atomic E-state index is 11.9. The second kappa shape index (κ2) is 4.61. The predicted octanol–water partition coefficient (Wildman–Crippen LogP) is 0.920. The summed E-state index contributed by atoms with van der Waals surface area (Å²) in [6.45, 7) is 2.36. The molecule has 0 aliphatic heterocycles. The highest BCUT2D eigenvalue weighted by Gasteiger charge is 2.33. The number of hydrogen-bond donors (Lipinski definition) is 1. The smallest absolute Gasteiger partial charge is 0.239 e. The number of pyridine rings is 1. The molecule has 4 heteroatoms. The molecule has 1 aromatic rings. The molecule has 1 fully saturated rings. The van der Waals surface area contributed by atoms with Gasteiger partial charge in [0.1, 0.15) is 0 Å². The van der Waals surface area contributed by atoms with Gasteiger partial charge in [-0.25, -0.2) is 0 Å². The monoisotopic (exact) mass is 219 g/mol. The predicted molar refractivity (Wildman–Crippen MR) is 61.5 cm³/mol. The molecule has 0 radical (unpaired) electrons. The first-order valence-electron chi connectivity index (χ1n) is 5.63. The summed E-state index contributed by atoms with van der Waals surface area (Å²) in [4.78, 5) is 17.8. The Morgan fingerprint density at radius 3 is 2.94 bits per heavy atom. The Balaban J connectivity index is 2.06. The Morgan fingerprint density at radius 1 is 1.69 bits per heavy atom. The Hall–Kier alpha value is -1.42. The van der Waals surface area contributed by atoms with Gasteiger partial charge >= 0.3 is 0 Å². The fourth-order valence-corrected chi connectivity index (χ4v) is 1.72. The van der Waals surface area contributed by atoms with Crippen LogP contribution < -0.4 is 5.73 Å². The highest BCUT2D eigenvalue weighted by atomic mass is 16.2. The highest BCUT2D eigenvalue weighted by molar-refractivity contribution is 5.81. The van der Waals surface area contributed by atoms with Crippen molar-refractivity contribution in [3.63, 3.8) is 0 Å². The topological polar surface area (TPSA) is 59.2 Å². The largest absolute Gasteiger partial charge is 0.334 e. The van der Waals surface area contributed by atoms with Crippen LogP contribution in [0.5, 0.6) is 0 Å². The van der Waals surface area contributed by atoms with Crippen molar-refractivity contribution in [2.45, 2.75) is 38.4 Å². The highest BCUT2D eigenvalue weighted by Crippen LogP contribution is 2.28. The van der Waals surface area contributed by atoms with Crippen molar-refractivity contribution < 1.29 is 4.79 Å². The van der Waals surface area contributed by atoms with Gasteiger partial charge in [0.25, 0.3) is 0 Å². The van der Waals surface area contributed by atoms with E-state index in [0.717, 1.165) is 18.4 Å². The third-order valence-electron chi connectivity index (χ3n) is 2.74. The van der Waals surface area contributed by atoms with E-state index in [1.54, 1.807) is 19.3 Å². The minimum Gasteiger partial charge on any atom is -0.334 e. The second-order valence-electron chi connectivity index (χ2n) is 4.35. The van der Waals surface area contributed by atoms with Crippen molar-refractivity contribution in [3.8, 4) is 0 Å². The molecule has 1 aliphatic rings. The van der Waals surface area contributed by atoms with E-state index in [0.29, 0.717) is 12.6 Å². The molecule has 1 aliphatic carbocycles. The SMILES string of the molecule is C[C@H](N)C(=O)N(Cc1cccnc1)C1CC1. The van der Waals surface area contributed by atoms with E-state index in [2.05, 4.69) is 4.98 Å². The van der Waals surface area contributed by atoms with Gasteiger partial charge in [-0.15, -0.1) is 0 Å². The molecule has 86 valence electrons. The number of nitrogens with zero attached hydrogens (tertiary/aromatic N) is 2. The van der Waals surface area contributed by atoms with E-state index in [1.165, 1.54) is 0 Å². The number of aromatic nitrogens is 1. The van der Waals surface area contributed by atoms with Gasteiger partial charge in [-0.3, -0.25) is 9.78 Å². The van der Waals surface area contributed by atoms with Crippen LogP contribution in [0.15, 0.2) is 24.5 Å². The molecular weight excluding hydrogens is 202 g/mol. The zero-order valence-corrected chi connectivity index (χ0v) is 9.47. The summed E-state index contributed by atoms with van der Waals surface area (Å²) in [6, 6.07) is 3.84. The lowest BCUT2D eigenvalue weighted by molar-refractivity contribution is -0.133. The van der Waals surface area contributed by atoms with Crippen LogP contribution in [0.25, 0.3) is 0 Å². The van der Waals surface area contributed by atoms with Gasteiger partial charge in [0.05, 0.1) is 6.04 Å². The zero-order chi connectivity index (χ0) is 11.5. The number of nitrogens with two attached hydrogens (primary N) is 1. The number of rotatable bonds is 4. The molecule has 4 nitrogen and oxygen atoms in total. The molecule has 0 saturated heterocycles. The van der Waals surface area contributed by atoms with Gasteiger partial charge in [0.2, 0.25) is 5.91 Å². The van der Waals surface area contributed by atoms with Gasteiger partial charge < -0.3 is 10.6 Å². The third kappa shape index (κ3) is 2.58. The van der Waals surface area contributed by atoms with Crippen molar-refractivity contribution in [2.24, 2.45) is 5.73 Å². The molecular formula is C12H17N3O. The second-order valence-corrected chi connectivity index (χ2v) is 4.35. The van der Waals surface area contributed by atoms with Crippen LogP contribution in [-0.4, -0.2) is 27.9 Å². The quantitative estimate of drug-likeness (QED) is 0.819. The van der Waals surface area contributed by atoms with Crippen LogP contribution in [0.1, 0.15) is 25.3 Å². The summed E-state index contributed by atoms with van der Waals surface area (Å²) in [7, 11) is 0. The first kappa shape index (κ1) is 11.1. The number of carbonyl (C=O) groups excluding carboxylic acids is 1. The lowest BCUT2D eigenvalue weighted by atomic mass is 10.2. The number of amides is 1. The first-order valence-corrected chi connectivity index (χ1v) is 5.63. The molecule has 2 N–H and O–H groups in total. The van der Waals surface area contributed by atoms with Crippen LogP contribution in [0.2, 0.25) is 0 Å². The fraction of sp³-hybridized carbons (Fsp3) is 0.500. The average molecular weight is 219 g/mol. The molecule has 0 bridgehead atoms. The van der Waals surface area contributed by atoms with Crippen LogP contribution >= 0.6 is 0 Å². The summed E-state index contributed by atoms with van der Waals surface area (Å²) in [5.74, 6) is 0.0337. The van der Waals surface area contributed by atoms with Gasteiger partial charge in [0.15, 0.2) is 0 Å². The maximum absolute atomic E-state index is 11.9. The molecule has 1 atom stereocenters. The average Bonchev–Trinajstić information content (AvgIpc) is 3.10. The third-order valence-corrected chi connectivity index (χ3v) is 2.74. The van der Waals surface area contributed by atoms with Crippen LogP contribution in [0, 0.1) is 0 Å². The first-order chi connectivity index (χ1) is 7.68. The summed E-state index contributed by atoms with van der Waals surface area (Å²) >= 11 is 0. The molecule has 1 aromatic heterocycles. The molecule has 1 amide bonds. The minimum absolute atomic E-state index is 0.0337. The van der Waals surface area contributed by atoms with Crippen molar-refractivity contribution in [3.05, 3.63) is 30.1 Å². The molecule has 2 rings (SSSR count). The van der Waals surface area contributed by atoms with Gasteiger partial charge in [-0.1, -0.05) is 6.07 Å². The van der Waals surface area contributed by atoms with E-state index < -0.39 is 6.04 Å². The van der Waals surface area contributed by atoms with E-state index in [-0.39, 0.29) is 5.91 Å². The Labute approximate surface area is 95.5 Å². The normalized spacial score (nSPS) is 16.9. The van der Waals surface area contributed by atoms with Crippen LogP contribution in [0.4, 0.5) is 0 Å². The van der Waals surface area contributed by atoms with E-state index >= 15 is 0 Å². The Kier molecular flexibility index (Phi) is 3.19. The van der Waals surface area contributed by atoms with Crippen molar-refractivity contribution in [1.82, 2.24) is 9.88 Å². The van der Waals surface area contributed by atoms with E-state index in [4.69, 9.17) is 5.73 Å². The van der Waals surface area contributed by atoms with Crippen molar-refractivity contribution >= 4 is 5.91 Å². The molecule has 0 spiro atoms. The summed E-state index contributed by atoms with van der Waals surface area (Å²) in [6.07, 6.45) is 5.72. The van der Waals surface area contributed by atoms with E-state index in [1.807, 2.05) is 17.0 Å².